The molecule has 0 radical (unpaired) electrons. The summed E-state index contributed by atoms with van der Waals surface area (Å²) in [6.45, 7) is 9.98. The molecule has 0 spiro atoms. The Morgan fingerprint density at radius 2 is 1.57 bits per heavy atom. The van der Waals surface area contributed by atoms with Crippen molar-refractivity contribution in [3.8, 4) is 0 Å². The first-order valence-electron chi connectivity index (χ1n) is 7.00. The molecule has 0 heterocycles. The van der Waals surface area contributed by atoms with E-state index in [9.17, 15) is 8.77 Å². The van der Waals surface area contributed by atoms with Crippen molar-refractivity contribution in [1.82, 2.24) is 0 Å². The maximum absolute atomic E-state index is 12.7. The quantitative estimate of drug-likeness (QED) is 0.564. The molecule has 1 aromatic carbocycles. The maximum Gasteiger partial charge on any atom is 0.370 e. The molecule has 0 N–H and O–H groups in total. The smallest absolute Gasteiger partial charge is 0.305 e. The van der Waals surface area contributed by atoms with E-state index in [1.165, 1.54) is 5.56 Å². The Hall–Kier alpha value is -0.740. The number of aryl methyl sites for hydroxylation is 3. The molecule has 0 fully saturated rings. The van der Waals surface area contributed by atoms with Crippen LogP contribution in [0.25, 0.3) is 0 Å². The van der Waals surface area contributed by atoms with Crippen molar-refractivity contribution in [2.24, 2.45) is 0 Å². The summed E-state index contributed by atoms with van der Waals surface area (Å²) < 4.78 is 35.0. The number of hydrogen-bond acceptors (Lipinski definition) is 4. The monoisotopic (exact) mass is 330 g/mol. The topological polar surface area (TPSA) is 52.6 Å². The average molecular weight is 330 g/mol. The van der Waals surface area contributed by atoms with Gasteiger partial charge in [-0.2, -0.15) is 0 Å². The van der Waals surface area contributed by atoms with Crippen LogP contribution < -0.4 is 0 Å². The van der Waals surface area contributed by atoms with Gasteiger partial charge in [0.15, 0.2) is 0 Å². The van der Waals surface area contributed by atoms with Crippen LogP contribution >= 0.6 is 7.60 Å². The van der Waals surface area contributed by atoms with Crippen molar-refractivity contribution >= 4 is 23.5 Å². The third kappa shape index (κ3) is 4.62. The van der Waals surface area contributed by atoms with Gasteiger partial charge in [0.05, 0.1) is 13.2 Å². The van der Waals surface area contributed by atoms with E-state index >= 15 is 0 Å². The van der Waals surface area contributed by atoms with Gasteiger partial charge in [0.1, 0.15) is 15.9 Å². The van der Waals surface area contributed by atoms with E-state index in [4.69, 9.17) is 9.05 Å². The molecular formula is C15H23O4PS. The summed E-state index contributed by atoms with van der Waals surface area (Å²) in [6, 6.07) is 4.11. The molecule has 1 aromatic rings. The fourth-order valence-electron chi connectivity index (χ4n) is 2.33. The summed E-state index contributed by atoms with van der Waals surface area (Å²) >= 11 is 0.227. The summed E-state index contributed by atoms with van der Waals surface area (Å²) in [6.07, 6.45) is 0.309. The highest BCUT2D eigenvalue weighted by atomic mass is 32.1. The van der Waals surface area contributed by atoms with Gasteiger partial charge in [-0.25, -0.2) is 4.21 Å². The van der Waals surface area contributed by atoms with E-state index in [2.05, 4.69) is 12.1 Å². The summed E-state index contributed by atoms with van der Waals surface area (Å²) in [5.74, 6) is 0. The van der Waals surface area contributed by atoms with Crippen LogP contribution in [0.3, 0.4) is 0 Å². The second-order valence-electron chi connectivity index (χ2n) is 4.86. The third-order valence-electron chi connectivity index (χ3n) is 3.17. The van der Waals surface area contributed by atoms with Gasteiger partial charge in [-0.05, 0) is 51.3 Å². The zero-order chi connectivity index (χ0) is 16.0. The number of hydrogen-bond donors (Lipinski definition) is 0. The fraction of sp³-hybridized carbons (Fsp3) is 0.533. The lowest BCUT2D eigenvalue weighted by Crippen LogP contribution is -2.12. The predicted octanol–water partition coefficient (Wildman–Crippen LogP) is 3.76. The van der Waals surface area contributed by atoms with E-state index in [0.29, 0.717) is 6.42 Å². The molecule has 0 bridgehead atoms. The van der Waals surface area contributed by atoms with E-state index in [1.54, 1.807) is 13.8 Å². The summed E-state index contributed by atoms with van der Waals surface area (Å²) in [5.41, 5.74) is 4.35. The van der Waals surface area contributed by atoms with Crippen molar-refractivity contribution in [2.45, 2.75) is 41.0 Å². The molecule has 0 amide bonds. The lowest BCUT2D eigenvalue weighted by Gasteiger charge is -2.19. The van der Waals surface area contributed by atoms with Crippen molar-refractivity contribution in [3.05, 3.63) is 34.4 Å². The van der Waals surface area contributed by atoms with Gasteiger partial charge in [0.25, 0.3) is 0 Å². The standard InChI is InChI=1S/C15H23O4PS/c1-6-18-20(16,19-7-2)15(21-17)10-14-12(4)8-11(3)9-13(14)5/h8-9H,6-7,10H2,1-5H3. The highest BCUT2D eigenvalue weighted by Crippen LogP contribution is 2.50. The minimum atomic E-state index is -3.48. The Kier molecular flexibility index (Phi) is 7.01. The highest BCUT2D eigenvalue weighted by molar-refractivity contribution is 7.91. The Morgan fingerprint density at radius 1 is 1.10 bits per heavy atom. The molecule has 0 saturated carbocycles. The summed E-state index contributed by atoms with van der Waals surface area (Å²) in [7, 11) is -3.48. The molecule has 0 saturated heterocycles. The normalized spacial score (nSPS) is 11.5. The van der Waals surface area contributed by atoms with Crippen molar-refractivity contribution < 1.29 is 17.8 Å². The largest absolute Gasteiger partial charge is 0.370 e. The molecule has 0 atom stereocenters. The lowest BCUT2D eigenvalue weighted by atomic mass is 9.98. The van der Waals surface area contributed by atoms with Gasteiger partial charge in [0, 0.05) is 6.42 Å². The van der Waals surface area contributed by atoms with Crippen LogP contribution in [0.1, 0.15) is 36.1 Å². The third-order valence-corrected chi connectivity index (χ3v) is 6.36. The lowest BCUT2D eigenvalue weighted by molar-refractivity contribution is 0.232. The van der Waals surface area contributed by atoms with E-state index in [1.807, 2.05) is 20.8 Å². The van der Waals surface area contributed by atoms with Gasteiger partial charge < -0.3 is 9.05 Å². The molecule has 0 aliphatic rings. The Morgan fingerprint density at radius 3 is 1.95 bits per heavy atom. The number of rotatable bonds is 7. The van der Waals surface area contributed by atoms with E-state index in [-0.39, 0.29) is 29.1 Å². The molecule has 6 heteroatoms. The molecule has 0 aromatic heterocycles. The van der Waals surface area contributed by atoms with Crippen LogP contribution in [0.5, 0.6) is 0 Å². The highest BCUT2D eigenvalue weighted by Gasteiger charge is 2.31. The van der Waals surface area contributed by atoms with E-state index in [0.717, 1.165) is 16.7 Å². The van der Waals surface area contributed by atoms with Gasteiger partial charge >= 0.3 is 7.60 Å². The van der Waals surface area contributed by atoms with Crippen molar-refractivity contribution in [2.75, 3.05) is 13.2 Å². The Labute approximate surface area is 130 Å². The Bertz CT molecular complexity index is 573. The van der Waals surface area contributed by atoms with Gasteiger partial charge in [-0.15, -0.1) is 0 Å². The molecule has 118 valence electrons. The van der Waals surface area contributed by atoms with Crippen LogP contribution in [0.2, 0.25) is 0 Å². The fourth-order valence-corrected chi connectivity index (χ4v) is 4.61. The molecule has 1 rings (SSSR count). The van der Waals surface area contributed by atoms with Gasteiger partial charge in [0.2, 0.25) is 0 Å². The van der Waals surface area contributed by atoms with Gasteiger partial charge in [-0.3, -0.25) is 4.57 Å². The van der Waals surface area contributed by atoms with Crippen LogP contribution in [0.15, 0.2) is 12.1 Å². The zero-order valence-corrected chi connectivity index (χ0v) is 15.0. The number of benzene rings is 1. The zero-order valence-electron chi connectivity index (χ0n) is 13.3. The predicted molar refractivity (Wildman–Crippen MR) is 88.4 cm³/mol. The van der Waals surface area contributed by atoms with Crippen molar-refractivity contribution in [1.29, 1.82) is 0 Å². The van der Waals surface area contributed by atoms with Crippen LogP contribution in [0.4, 0.5) is 0 Å². The molecule has 21 heavy (non-hydrogen) atoms. The first-order valence-corrected chi connectivity index (χ1v) is 9.28. The van der Waals surface area contributed by atoms with Crippen molar-refractivity contribution in [3.63, 3.8) is 0 Å². The molecule has 4 nitrogen and oxygen atoms in total. The second-order valence-corrected chi connectivity index (χ2v) is 7.88. The van der Waals surface area contributed by atoms with E-state index < -0.39 is 7.60 Å². The molecule has 0 aliphatic heterocycles. The van der Waals surface area contributed by atoms with Gasteiger partial charge in [-0.1, -0.05) is 17.7 Å². The van der Waals surface area contributed by atoms with Crippen LogP contribution in [-0.4, -0.2) is 22.0 Å². The molecular weight excluding hydrogens is 307 g/mol. The maximum atomic E-state index is 12.7. The SMILES string of the molecule is CCOP(=O)(OCC)C(Cc1c(C)cc(C)cc1C)=S=O. The first kappa shape index (κ1) is 18.3. The minimum Gasteiger partial charge on any atom is -0.305 e. The van der Waals surface area contributed by atoms with Crippen LogP contribution in [0, 0.1) is 20.8 Å². The second kappa shape index (κ2) is 8.04. The summed E-state index contributed by atoms with van der Waals surface area (Å²) in [5, 5.41) is 0. The molecule has 0 aliphatic carbocycles. The average Bonchev–Trinajstić information content (AvgIpc) is 2.38. The minimum absolute atomic E-state index is 0.223. The van der Waals surface area contributed by atoms with Crippen LogP contribution in [-0.2, 0) is 31.3 Å². The first-order chi connectivity index (χ1) is 9.87. The molecule has 0 unspecified atom stereocenters. The Balaban J connectivity index is 3.20. The summed E-state index contributed by atoms with van der Waals surface area (Å²) in [4.78, 5) is 0.